The number of nitrogens with zero attached hydrogens (tertiary/aromatic N) is 1. The van der Waals surface area contributed by atoms with Crippen molar-refractivity contribution in [3.63, 3.8) is 0 Å². The third-order valence-electron chi connectivity index (χ3n) is 2.92. The Hall–Kier alpha value is -0.0831. The quantitative estimate of drug-likeness (QED) is 0.595. The lowest BCUT2D eigenvalue weighted by Gasteiger charge is -2.28. The van der Waals surface area contributed by atoms with Crippen molar-refractivity contribution < 1.29 is 0 Å². The van der Waals surface area contributed by atoms with E-state index < -0.39 is 8.07 Å². The molecule has 0 N–H and O–H groups in total. The molecule has 12 heavy (non-hydrogen) atoms. The van der Waals surface area contributed by atoms with Crippen molar-refractivity contribution in [2.24, 2.45) is 0 Å². The molecule has 0 heterocycles. The summed E-state index contributed by atoms with van der Waals surface area (Å²) in [4.78, 5) is 2.22. The van der Waals surface area contributed by atoms with Gasteiger partial charge in [0.15, 0.2) is 0 Å². The zero-order valence-corrected chi connectivity index (χ0v) is 10.3. The number of hydrogen-bond acceptors (Lipinski definition) is 1. The smallest absolute Gasteiger partial charge is 0.0788 e. The molecule has 0 saturated carbocycles. The van der Waals surface area contributed by atoms with E-state index in [0.29, 0.717) is 0 Å². The largest absolute Gasteiger partial charge is 0.306 e. The van der Waals surface area contributed by atoms with Gasteiger partial charge in [-0.2, -0.15) is 0 Å². The molecule has 0 fully saturated rings. The van der Waals surface area contributed by atoms with Crippen LogP contribution in [0.15, 0.2) is 11.8 Å². The van der Waals surface area contributed by atoms with Gasteiger partial charge in [-0.25, -0.2) is 0 Å². The predicted octanol–water partition coefficient (Wildman–Crippen LogP) is 2.76. The summed E-state index contributed by atoms with van der Waals surface area (Å²) in [7, 11) is 3.13. The summed E-state index contributed by atoms with van der Waals surface area (Å²) in [6.07, 6.45) is 0. The Labute approximate surface area is 78.5 Å². The van der Waals surface area contributed by atoms with Crippen LogP contribution in [0.1, 0.15) is 13.8 Å². The van der Waals surface area contributed by atoms with Gasteiger partial charge in [0.25, 0.3) is 0 Å². The highest BCUT2D eigenvalue weighted by Gasteiger charge is 2.25. The first-order valence-corrected chi connectivity index (χ1v) is 7.70. The second-order valence-electron chi connectivity index (χ2n) is 4.11. The van der Waals surface area contributed by atoms with Gasteiger partial charge in [0.05, 0.1) is 8.07 Å². The zero-order valence-electron chi connectivity index (χ0n) is 9.28. The van der Waals surface area contributed by atoms with Crippen molar-refractivity contribution in [1.29, 1.82) is 0 Å². The summed E-state index contributed by atoms with van der Waals surface area (Å²) >= 11 is 0. The fraction of sp³-hybridized carbons (Fsp3) is 0.800. The van der Waals surface area contributed by atoms with E-state index in [1.807, 2.05) is 0 Å². The van der Waals surface area contributed by atoms with E-state index in [0.717, 1.165) is 6.54 Å². The maximum absolute atomic E-state index is 4.23. The highest BCUT2D eigenvalue weighted by molar-refractivity contribution is 6.85. The molecule has 72 valence electrons. The summed E-state index contributed by atoms with van der Waals surface area (Å²) < 4.78 is 0. The maximum Gasteiger partial charge on any atom is 0.0788 e. The topological polar surface area (TPSA) is 3.24 Å². The molecular formula is C10H23NSi. The zero-order chi connectivity index (χ0) is 9.78. The minimum Gasteiger partial charge on any atom is -0.306 e. The molecule has 0 aliphatic heterocycles. The molecule has 2 heteroatoms. The van der Waals surface area contributed by atoms with Gasteiger partial charge in [-0.3, -0.25) is 0 Å². The lowest BCUT2D eigenvalue weighted by atomic mass is 10.6. The van der Waals surface area contributed by atoms with Crippen LogP contribution in [0.3, 0.4) is 0 Å². The van der Waals surface area contributed by atoms with Gasteiger partial charge in [-0.1, -0.05) is 37.7 Å². The highest BCUT2D eigenvalue weighted by atomic mass is 28.3. The summed E-state index contributed by atoms with van der Waals surface area (Å²) in [5.41, 5.74) is 0. The Bertz CT molecular complexity index is 148. The van der Waals surface area contributed by atoms with Crippen LogP contribution in [0.25, 0.3) is 0 Å². The van der Waals surface area contributed by atoms with E-state index in [2.05, 4.69) is 46.0 Å². The Kier molecular flexibility index (Phi) is 4.79. The SMILES string of the molecule is C=C(CN(C)C)[Si](C)(CC)CC. The standard InChI is InChI=1S/C10H23NSi/c1-7-12(6,8-2)10(3)9-11(4)5/h3,7-9H2,1-2,4-6H3. The average Bonchev–Trinajstić information content (AvgIpc) is 2.02. The minimum absolute atomic E-state index is 1.07. The van der Waals surface area contributed by atoms with Crippen molar-refractivity contribution in [3.05, 3.63) is 11.8 Å². The molecule has 0 amide bonds. The van der Waals surface area contributed by atoms with Crippen molar-refractivity contribution in [2.45, 2.75) is 32.5 Å². The molecule has 0 aliphatic carbocycles. The first-order chi connectivity index (χ1) is 5.46. The number of likely N-dealkylation sites (N-methyl/N-ethyl adjacent to an activating group) is 1. The van der Waals surface area contributed by atoms with Gasteiger partial charge in [0, 0.05) is 6.54 Å². The molecular weight excluding hydrogens is 162 g/mol. The molecule has 0 aromatic heterocycles. The van der Waals surface area contributed by atoms with Crippen LogP contribution >= 0.6 is 0 Å². The van der Waals surface area contributed by atoms with Crippen molar-refractivity contribution >= 4 is 8.07 Å². The molecule has 0 aromatic rings. The van der Waals surface area contributed by atoms with Gasteiger partial charge >= 0.3 is 0 Å². The molecule has 0 saturated heterocycles. The second-order valence-corrected chi connectivity index (χ2v) is 9.35. The van der Waals surface area contributed by atoms with E-state index in [1.165, 1.54) is 17.3 Å². The van der Waals surface area contributed by atoms with Crippen molar-refractivity contribution in [2.75, 3.05) is 20.6 Å². The molecule has 0 unspecified atom stereocenters. The van der Waals surface area contributed by atoms with Crippen LogP contribution in [0.2, 0.25) is 18.6 Å². The third-order valence-corrected chi connectivity index (χ3v) is 7.91. The lowest BCUT2D eigenvalue weighted by molar-refractivity contribution is 0.451. The first kappa shape index (κ1) is 11.9. The molecule has 0 aliphatic rings. The van der Waals surface area contributed by atoms with Crippen molar-refractivity contribution in [3.8, 4) is 0 Å². The molecule has 0 radical (unpaired) electrons. The number of rotatable bonds is 5. The van der Waals surface area contributed by atoms with Gasteiger partial charge in [0.2, 0.25) is 0 Å². The Balaban J connectivity index is 4.22. The highest BCUT2D eigenvalue weighted by Crippen LogP contribution is 2.22. The van der Waals surface area contributed by atoms with Crippen LogP contribution in [0.4, 0.5) is 0 Å². The Morgan fingerprint density at radius 2 is 1.67 bits per heavy atom. The molecule has 0 atom stereocenters. The van der Waals surface area contributed by atoms with E-state index in [9.17, 15) is 0 Å². The monoisotopic (exact) mass is 185 g/mol. The fourth-order valence-corrected chi connectivity index (χ4v) is 3.52. The third kappa shape index (κ3) is 3.11. The lowest BCUT2D eigenvalue weighted by Crippen LogP contribution is -2.35. The van der Waals surface area contributed by atoms with Gasteiger partial charge in [-0.15, -0.1) is 6.58 Å². The molecule has 0 spiro atoms. The number of hydrogen-bond donors (Lipinski definition) is 0. The van der Waals surface area contributed by atoms with E-state index in [4.69, 9.17) is 0 Å². The van der Waals surface area contributed by atoms with E-state index in [-0.39, 0.29) is 0 Å². The van der Waals surface area contributed by atoms with Gasteiger partial charge < -0.3 is 4.90 Å². The first-order valence-electron chi connectivity index (χ1n) is 4.79. The predicted molar refractivity (Wildman–Crippen MR) is 60.3 cm³/mol. The van der Waals surface area contributed by atoms with Crippen molar-refractivity contribution in [1.82, 2.24) is 4.90 Å². The van der Waals surface area contributed by atoms with Crippen LogP contribution in [0.5, 0.6) is 0 Å². The maximum atomic E-state index is 4.23. The summed E-state index contributed by atoms with van der Waals surface area (Å²) in [6.45, 7) is 12.4. The van der Waals surface area contributed by atoms with E-state index >= 15 is 0 Å². The molecule has 0 rings (SSSR count). The normalized spacial score (nSPS) is 12.2. The Morgan fingerprint density at radius 3 is 1.92 bits per heavy atom. The summed E-state index contributed by atoms with van der Waals surface area (Å²) in [5, 5.41) is 1.50. The van der Waals surface area contributed by atoms with Crippen LogP contribution < -0.4 is 0 Å². The minimum atomic E-state index is -1.10. The molecule has 1 nitrogen and oxygen atoms in total. The fourth-order valence-electron chi connectivity index (χ4n) is 1.32. The molecule has 0 aromatic carbocycles. The van der Waals surface area contributed by atoms with Gasteiger partial charge in [-0.05, 0) is 14.1 Å². The summed E-state index contributed by atoms with van der Waals surface area (Å²) in [5.74, 6) is 0. The summed E-state index contributed by atoms with van der Waals surface area (Å²) in [6, 6.07) is 2.66. The van der Waals surface area contributed by atoms with E-state index in [1.54, 1.807) is 0 Å². The second kappa shape index (κ2) is 4.82. The average molecular weight is 185 g/mol. The van der Waals surface area contributed by atoms with Gasteiger partial charge in [0.1, 0.15) is 0 Å². The molecule has 0 bridgehead atoms. The Morgan fingerprint density at radius 1 is 1.25 bits per heavy atom. The van der Waals surface area contributed by atoms with Crippen LogP contribution in [0, 0.1) is 0 Å². The van der Waals surface area contributed by atoms with Crippen LogP contribution in [-0.4, -0.2) is 33.6 Å². The van der Waals surface area contributed by atoms with Crippen LogP contribution in [-0.2, 0) is 0 Å².